The van der Waals surface area contributed by atoms with Gasteiger partial charge in [0.25, 0.3) is 5.91 Å². The van der Waals surface area contributed by atoms with Crippen LogP contribution in [-0.2, 0) is 4.79 Å². The van der Waals surface area contributed by atoms with Gasteiger partial charge in [-0.1, -0.05) is 46.9 Å². The summed E-state index contributed by atoms with van der Waals surface area (Å²) < 4.78 is 0.885. The van der Waals surface area contributed by atoms with Crippen LogP contribution in [0.1, 0.15) is 15.2 Å². The van der Waals surface area contributed by atoms with E-state index < -0.39 is 16.9 Å². The molecule has 0 atom stereocenters. The summed E-state index contributed by atoms with van der Waals surface area (Å²) in [6.07, 6.45) is 0.932. The zero-order valence-corrected chi connectivity index (χ0v) is 14.6. The SMILES string of the molecule is Cc1ccc2c(Cl)c(C(=O)N/N=C\C(Cl)=C(/Cl)C(=O)O)sc2c1. The zero-order valence-electron chi connectivity index (χ0n) is 11.6. The van der Waals surface area contributed by atoms with Crippen molar-refractivity contribution in [2.45, 2.75) is 6.92 Å². The zero-order chi connectivity index (χ0) is 17.1. The Hall–Kier alpha value is -1.60. The molecule has 0 bridgehead atoms. The molecule has 2 aromatic rings. The molecule has 1 aromatic carbocycles. The van der Waals surface area contributed by atoms with Crippen molar-refractivity contribution in [3.05, 3.63) is 43.7 Å². The summed E-state index contributed by atoms with van der Waals surface area (Å²) in [6, 6.07) is 5.67. The Bertz CT molecular complexity index is 858. The number of allylic oxidation sites excluding steroid dienone is 1. The van der Waals surface area contributed by atoms with E-state index >= 15 is 0 Å². The highest BCUT2D eigenvalue weighted by Crippen LogP contribution is 2.35. The second kappa shape index (κ2) is 7.31. The molecule has 0 unspecified atom stereocenters. The van der Waals surface area contributed by atoms with Gasteiger partial charge in [0.15, 0.2) is 0 Å². The molecule has 9 heteroatoms. The summed E-state index contributed by atoms with van der Waals surface area (Å²) in [5.74, 6) is -1.92. The Kier molecular flexibility index (Phi) is 5.64. The van der Waals surface area contributed by atoms with Gasteiger partial charge in [-0.05, 0) is 18.6 Å². The first-order valence-electron chi connectivity index (χ1n) is 6.12. The van der Waals surface area contributed by atoms with Crippen LogP contribution in [0.15, 0.2) is 33.4 Å². The Morgan fingerprint density at radius 1 is 1.35 bits per heavy atom. The number of carbonyl (C=O) groups excluding carboxylic acids is 1. The standard InChI is InChI=1S/C14H9Cl3N2O3S/c1-6-2-3-7-9(4-6)23-12(10(7)16)13(20)19-18-5-8(15)11(17)14(21)22/h2-5H,1H3,(H,19,20)(H,21,22)/b11-8+,18-5-. The summed E-state index contributed by atoms with van der Waals surface area (Å²) in [6.45, 7) is 1.94. The van der Waals surface area contributed by atoms with Gasteiger partial charge in [0.1, 0.15) is 9.91 Å². The second-order valence-corrected chi connectivity index (χ2v) is 6.63. The van der Waals surface area contributed by atoms with Crippen molar-refractivity contribution in [1.82, 2.24) is 5.43 Å². The summed E-state index contributed by atoms with van der Waals surface area (Å²) in [7, 11) is 0. The van der Waals surface area contributed by atoms with Gasteiger partial charge in [-0.15, -0.1) is 11.3 Å². The van der Waals surface area contributed by atoms with Crippen molar-refractivity contribution in [3.63, 3.8) is 0 Å². The first kappa shape index (κ1) is 17.7. The van der Waals surface area contributed by atoms with Crippen LogP contribution >= 0.6 is 46.1 Å². The monoisotopic (exact) mass is 390 g/mol. The van der Waals surface area contributed by atoms with Crippen LogP contribution in [0.4, 0.5) is 0 Å². The largest absolute Gasteiger partial charge is 0.477 e. The van der Waals surface area contributed by atoms with Gasteiger partial charge in [0.05, 0.1) is 16.3 Å². The molecule has 0 saturated carbocycles. The van der Waals surface area contributed by atoms with Crippen molar-refractivity contribution < 1.29 is 14.7 Å². The van der Waals surface area contributed by atoms with Gasteiger partial charge in [-0.25, -0.2) is 10.2 Å². The van der Waals surface area contributed by atoms with E-state index in [0.29, 0.717) is 9.90 Å². The Morgan fingerprint density at radius 3 is 2.70 bits per heavy atom. The average Bonchev–Trinajstić information content (AvgIpc) is 2.82. The first-order chi connectivity index (χ1) is 10.8. The van der Waals surface area contributed by atoms with E-state index in [4.69, 9.17) is 39.9 Å². The topological polar surface area (TPSA) is 78.8 Å². The van der Waals surface area contributed by atoms with E-state index in [1.54, 1.807) is 0 Å². The first-order valence-corrected chi connectivity index (χ1v) is 8.07. The molecule has 120 valence electrons. The van der Waals surface area contributed by atoms with E-state index in [1.807, 2.05) is 25.1 Å². The minimum Gasteiger partial charge on any atom is -0.477 e. The highest BCUT2D eigenvalue weighted by atomic mass is 35.5. The fraction of sp³-hybridized carbons (Fsp3) is 0.0714. The molecule has 0 spiro atoms. The highest BCUT2D eigenvalue weighted by molar-refractivity contribution is 7.21. The van der Waals surface area contributed by atoms with Gasteiger partial charge >= 0.3 is 5.97 Å². The fourth-order valence-corrected chi connectivity index (χ4v) is 3.36. The number of carboxylic acids is 1. The van der Waals surface area contributed by atoms with Crippen LogP contribution in [0.2, 0.25) is 5.02 Å². The normalized spacial score (nSPS) is 12.5. The van der Waals surface area contributed by atoms with Crippen molar-refractivity contribution in [2.75, 3.05) is 0 Å². The average molecular weight is 392 g/mol. The predicted octanol–water partition coefficient (Wildman–Crippen LogP) is 4.35. The van der Waals surface area contributed by atoms with Gasteiger partial charge < -0.3 is 5.11 Å². The summed E-state index contributed by atoms with van der Waals surface area (Å²) in [4.78, 5) is 23.0. The Balaban J connectivity index is 2.20. The molecular weight excluding hydrogens is 383 g/mol. The van der Waals surface area contributed by atoms with Crippen LogP contribution in [0.3, 0.4) is 0 Å². The van der Waals surface area contributed by atoms with Gasteiger partial charge in [-0.3, -0.25) is 4.79 Å². The van der Waals surface area contributed by atoms with Crippen molar-refractivity contribution in [1.29, 1.82) is 0 Å². The maximum Gasteiger partial charge on any atom is 0.348 e. The number of aryl methyl sites for hydroxylation is 1. The van der Waals surface area contributed by atoms with Gasteiger partial charge in [0, 0.05) is 10.1 Å². The lowest BCUT2D eigenvalue weighted by Gasteiger charge is -1.97. The van der Waals surface area contributed by atoms with Crippen molar-refractivity contribution in [2.24, 2.45) is 5.10 Å². The van der Waals surface area contributed by atoms with Crippen molar-refractivity contribution in [3.8, 4) is 0 Å². The molecule has 0 aliphatic rings. The second-order valence-electron chi connectivity index (χ2n) is 4.41. The molecule has 1 heterocycles. The van der Waals surface area contributed by atoms with E-state index in [9.17, 15) is 9.59 Å². The number of hydrogen-bond donors (Lipinski definition) is 2. The van der Waals surface area contributed by atoms with E-state index in [1.165, 1.54) is 11.3 Å². The number of thiophene rings is 1. The lowest BCUT2D eigenvalue weighted by atomic mass is 10.2. The smallest absolute Gasteiger partial charge is 0.348 e. The third kappa shape index (κ3) is 4.03. The molecule has 0 aliphatic heterocycles. The lowest BCUT2D eigenvalue weighted by Crippen LogP contribution is -2.16. The van der Waals surface area contributed by atoms with Crippen LogP contribution in [-0.4, -0.2) is 23.2 Å². The number of amides is 1. The molecule has 2 rings (SSSR count). The van der Waals surface area contributed by atoms with E-state index in [0.717, 1.165) is 21.9 Å². The van der Waals surface area contributed by atoms with Crippen LogP contribution in [0, 0.1) is 6.92 Å². The summed E-state index contributed by atoms with van der Waals surface area (Å²) in [5.41, 5.74) is 3.28. The Morgan fingerprint density at radius 2 is 2.04 bits per heavy atom. The van der Waals surface area contributed by atoms with E-state index in [-0.39, 0.29) is 5.03 Å². The number of aliphatic carboxylic acids is 1. The third-order valence-corrected chi connectivity index (χ3v) is 5.14. The molecule has 0 radical (unpaired) electrons. The third-order valence-electron chi connectivity index (χ3n) is 2.73. The molecule has 23 heavy (non-hydrogen) atoms. The molecule has 2 N–H and O–H groups in total. The molecule has 0 fully saturated rings. The number of halogens is 3. The number of carboxylic acid groups (broad SMARTS) is 1. The molecule has 1 aromatic heterocycles. The molecule has 1 amide bonds. The van der Waals surface area contributed by atoms with Crippen molar-refractivity contribution >= 4 is 74.3 Å². The molecular formula is C14H9Cl3N2O3S. The minimum absolute atomic E-state index is 0.300. The maximum atomic E-state index is 12.1. The van der Waals surface area contributed by atoms with Crippen LogP contribution < -0.4 is 5.43 Å². The number of hydrogen-bond acceptors (Lipinski definition) is 4. The highest BCUT2D eigenvalue weighted by Gasteiger charge is 2.17. The fourth-order valence-electron chi connectivity index (χ4n) is 1.68. The summed E-state index contributed by atoms with van der Waals surface area (Å²) in [5, 5.41) is 12.4. The number of nitrogens with one attached hydrogen (secondary N) is 1. The number of fused-ring (bicyclic) bond motifs is 1. The lowest BCUT2D eigenvalue weighted by molar-refractivity contribution is -0.131. The summed E-state index contributed by atoms with van der Waals surface area (Å²) >= 11 is 18.5. The van der Waals surface area contributed by atoms with Gasteiger partial charge in [0.2, 0.25) is 0 Å². The number of carbonyl (C=O) groups is 2. The van der Waals surface area contributed by atoms with Crippen LogP contribution in [0.5, 0.6) is 0 Å². The minimum atomic E-state index is -1.39. The molecule has 0 aliphatic carbocycles. The predicted molar refractivity (Wildman–Crippen MR) is 93.9 cm³/mol. The van der Waals surface area contributed by atoms with E-state index in [2.05, 4.69) is 10.5 Å². The maximum absolute atomic E-state index is 12.1. The number of rotatable bonds is 4. The molecule has 0 saturated heterocycles. The van der Waals surface area contributed by atoms with Gasteiger partial charge in [-0.2, -0.15) is 5.10 Å². The molecule has 5 nitrogen and oxygen atoms in total. The number of benzene rings is 1. The van der Waals surface area contributed by atoms with Crippen LogP contribution in [0.25, 0.3) is 10.1 Å². The Labute approximate surface area is 150 Å². The number of nitrogens with zero attached hydrogens (tertiary/aromatic N) is 1. The number of hydrazone groups is 1. The quantitative estimate of drug-likeness (QED) is 0.462.